The average molecular weight is 578 g/mol. The van der Waals surface area contributed by atoms with Gasteiger partial charge >= 0.3 is 0 Å². The lowest BCUT2D eigenvalue weighted by Crippen LogP contribution is -2.53. The largest absolute Gasteiger partial charge is 0.504 e. The maximum absolute atomic E-state index is 14.9. The summed E-state index contributed by atoms with van der Waals surface area (Å²) in [5.41, 5.74) is 5.43. The highest BCUT2D eigenvalue weighted by Gasteiger charge is 2.70. The average Bonchev–Trinajstić information content (AvgIpc) is 3.42. The van der Waals surface area contributed by atoms with Crippen molar-refractivity contribution in [1.29, 1.82) is 0 Å². The number of hydrogen-bond acceptors (Lipinski definition) is 7. The van der Waals surface area contributed by atoms with Gasteiger partial charge in [0.15, 0.2) is 11.5 Å². The third-order valence-corrected chi connectivity index (χ3v) is 9.77. The van der Waals surface area contributed by atoms with Gasteiger partial charge in [0.1, 0.15) is 0 Å². The number of carbonyl (C=O) groups is 4. The number of aromatic hydroxyl groups is 1. The Morgan fingerprint density at radius 1 is 0.953 bits per heavy atom. The van der Waals surface area contributed by atoms with Crippen molar-refractivity contribution in [2.45, 2.75) is 31.1 Å². The third-order valence-electron chi connectivity index (χ3n) is 9.77. The highest BCUT2D eigenvalue weighted by atomic mass is 16.5. The molecule has 3 aromatic carbocycles. The number of fused-ring (bicyclic) bond motifs is 4. The van der Waals surface area contributed by atoms with Crippen molar-refractivity contribution < 1.29 is 29.0 Å². The monoisotopic (exact) mass is 577 g/mol. The lowest BCUT2D eigenvalue weighted by atomic mass is 9.49. The van der Waals surface area contributed by atoms with Gasteiger partial charge < -0.3 is 9.84 Å². The summed E-state index contributed by atoms with van der Waals surface area (Å²) in [6.07, 6.45) is 2.54. The number of amides is 4. The fraction of sp³-hybridized carbons (Fsp3) is 0.294. The number of hydrazine groups is 1. The van der Waals surface area contributed by atoms with Gasteiger partial charge in [0.05, 0.1) is 36.0 Å². The standard InChI is InChI=1S/C34H31N3O6/c1-18-8-11-21(12-9-18)36-37-32(41)25-17-24-22(13-14-23-28(24)31(40)35-30(23)39)29(19-10-15-27(43-2)26(38)16-19)34(25,33(37)42)20-6-4-3-5-7-20/h3-13,15-16,23-25,28-29,36,38H,14,17H2,1-2H3,(H,35,39,40). The molecule has 2 saturated heterocycles. The first kappa shape index (κ1) is 26.9. The van der Waals surface area contributed by atoms with Crippen LogP contribution >= 0.6 is 0 Å². The molecule has 2 aliphatic heterocycles. The zero-order valence-corrected chi connectivity index (χ0v) is 23.7. The Morgan fingerprint density at radius 3 is 2.40 bits per heavy atom. The summed E-state index contributed by atoms with van der Waals surface area (Å²) in [5, 5.41) is 14.5. The SMILES string of the molecule is COc1ccc(C2C3=CCC4C(=O)NC(=O)C4C3CC3C(=O)N(Nc4ccc(C)cc4)C(=O)C32c2ccccc2)cc1O. The van der Waals surface area contributed by atoms with Crippen LogP contribution in [0.25, 0.3) is 0 Å². The maximum atomic E-state index is 14.9. The number of phenolic OH excluding ortho intramolecular Hbond substituents is 1. The minimum atomic E-state index is -1.38. The van der Waals surface area contributed by atoms with E-state index in [1.807, 2.05) is 67.6 Å². The van der Waals surface area contributed by atoms with Gasteiger partial charge in [-0.05, 0) is 61.1 Å². The van der Waals surface area contributed by atoms with Crippen LogP contribution < -0.4 is 15.5 Å². The molecule has 6 unspecified atom stereocenters. The quantitative estimate of drug-likeness (QED) is 0.310. The number of nitrogens with one attached hydrogen (secondary N) is 2. The van der Waals surface area contributed by atoms with Gasteiger partial charge in [-0.3, -0.25) is 29.9 Å². The highest BCUT2D eigenvalue weighted by molar-refractivity contribution is 6.13. The lowest BCUT2D eigenvalue weighted by molar-refractivity contribution is -0.138. The van der Waals surface area contributed by atoms with Crippen LogP contribution in [0.15, 0.2) is 84.4 Å². The minimum absolute atomic E-state index is 0.101. The van der Waals surface area contributed by atoms with Crippen molar-refractivity contribution in [2.75, 3.05) is 12.5 Å². The summed E-state index contributed by atoms with van der Waals surface area (Å²) in [4.78, 5) is 55.3. The molecule has 3 N–H and O–H groups in total. The van der Waals surface area contributed by atoms with Crippen LogP contribution in [0, 0.1) is 30.6 Å². The summed E-state index contributed by atoms with van der Waals surface area (Å²) in [6, 6.07) is 21.7. The van der Waals surface area contributed by atoms with Crippen molar-refractivity contribution in [1.82, 2.24) is 10.3 Å². The van der Waals surface area contributed by atoms with Gasteiger partial charge in [-0.2, -0.15) is 5.01 Å². The Morgan fingerprint density at radius 2 is 1.70 bits per heavy atom. The van der Waals surface area contributed by atoms with Crippen molar-refractivity contribution >= 4 is 29.3 Å². The number of imide groups is 2. The topological polar surface area (TPSA) is 125 Å². The van der Waals surface area contributed by atoms with Crippen LogP contribution in [0.2, 0.25) is 0 Å². The van der Waals surface area contributed by atoms with E-state index in [1.54, 1.807) is 18.2 Å². The van der Waals surface area contributed by atoms with Crippen LogP contribution in [-0.4, -0.2) is 40.9 Å². The third kappa shape index (κ3) is 3.84. The number of benzene rings is 3. The fourth-order valence-electron chi connectivity index (χ4n) is 7.92. The molecular weight excluding hydrogens is 546 g/mol. The Hall–Kier alpha value is -4.92. The molecule has 218 valence electrons. The van der Waals surface area contributed by atoms with Gasteiger partial charge in [-0.25, -0.2) is 0 Å². The first-order chi connectivity index (χ1) is 20.7. The second kappa shape index (κ2) is 9.83. The van der Waals surface area contributed by atoms with Crippen molar-refractivity contribution in [3.05, 3.63) is 101 Å². The van der Waals surface area contributed by atoms with E-state index in [9.17, 15) is 24.3 Å². The van der Waals surface area contributed by atoms with Gasteiger partial charge in [0.2, 0.25) is 11.8 Å². The molecule has 7 rings (SSSR count). The van der Waals surface area contributed by atoms with Crippen molar-refractivity contribution in [3.63, 3.8) is 0 Å². The second-order valence-electron chi connectivity index (χ2n) is 11.9. The van der Waals surface area contributed by atoms with E-state index < -0.39 is 46.8 Å². The molecule has 9 heteroatoms. The van der Waals surface area contributed by atoms with Crippen LogP contribution in [0.4, 0.5) is 5.69 Å². The lowest BCUT2D eigenvalue weighted by Gasteiger charge is -2.50. The summed E-state index contributed by atoms with van der Waals surface area (Å²) in [5.74, 6) is -4.46. The molecule has 2 heterocycles. The fourth-order valence-corrected chi connectivity index (χ4v) is 7.92. The predicted octanol–water partition coefficient (Wildman–Crippen LogP) is 3.98. The number of carbonyl (C=O) groups excluding carboxylic acids is 4. The van der Waals surface area contributed by atoms with E-state index in [1.165, 1.54) is 7.11 Å². The van der Waals surface area contributed by atoms with Gasteiger partial charge in [0, 0.05) is 5.92 Å². The van der Waals surface area contributed by atoms with Gasteiger partial charge in [0.25, 0.3) is 11.8 Å². The molecule has 1 saturated carbocycles. The zero-order valence-electron chi connectivity index (χ0n) is 23.7. The number of allylic oxidation sites excluding steroid dienone is 2. The number of nitrogens with zero attached hydrogens (tertiary/aromatic N) is 1. The molecule has 3 fully saturated rings. The second-order valence-corrected chi connectivity index (χ2v) is 11.9. The van der Waals surface area contributed by atoms with E-state index >= 15 is 0 Å². The van der Waals surface area contributed by atoms with Gasteiger partial charge in [-0.1, -0.05) is 65.7 Å². The van der Waals surface area contributed by atoms with E-state index in [0.29, 0.717) is 23.2 Å². The van der Waals surface area contributed by atoms with E-state index in [4.69, 9.17) is 4.74 Å². The van der Waals surface area contributed by atoms with Crippen LogP contribution in [-0.2, 0) is 24.6 Å². The zero-order chi connectivity index (χ0) is 30.0. The maximum Gasteiger partial charge on any atom is 0.260 e. The molecule has 0 spiro atoms. The summed E-state index contributed by atoms with van der Waals surface area (Å²) in [7, 11) is 1.46. The van der Waals surface area contributed by atoms with E-state index in [2.05, 4.69) is 10.7 Å². The number of rotatable bonds is 5. The highest BCUT2D eigenvalue weighted by Crippen LogP contribution is 2.64. The molecule has 6 atom stereocenters. The first-order valence-corrected chi connectivity index (χ1v) is 14.4. The molecule has 0 bridgehead atoms. The molecule has 2 aliphatic carbocycles. The first-order valence-electron chi connectivity index (χ1n) is 14.4. The molecule has 0 aromatic heterocycles. The Labute approximate surface area is 248 Å². The van der Waals surface area contributed by atoms with E-state index in [-0.39, 0.29) is 29.7 Å². The van der Waals surface area contributed by atoms with Crippen LogP contribution in [0.5, 0.6) is 11.5 Å². The summed E-state index contributed by atoms with van der Waals surface area (Å²) >= 11 is 0. The molecule has 3 aromatic rings. The normalized spacial score (nSPS) is 29.4. The summed E-state index contributed by atoms with van der Waals surface area (Å²) < 4.78 is 5.31. The molecule has 9 nitrogen and oxygen atoms in total. The number of phenols is 1. The van der Waals surface area contributed by atoms with Crippen LogP contribution in [0.3, 0.4) is 0 Å². The number of hydrogen-bond donors (Lipinski definition) is 3. The molecule has 43 heavy (non-hydrogen) atoms. The molecule has 0 radical (unpaired) electrons. The molecular formula is C34H31N3O6. The predicted molar refractivity (Wildman–Crippen MR) is 157 cm³/mol. The Bertz CT molecular complexity index is 1700. The van der Waals surface area contributed by atoms with Crippen LogP contribution in [0.1, 0.15) is 35.4 Å². The van der Waals surface area contributed by atoms with E-state index in [0.717, 1.165) is 16.1 Å². The number of aryl methyl sites for hydroxylation is 1. The summed E-state index contributed by atoms with van der Waals surface area (Å²) in [6.45, 7) is 1.95. The Kier molecular flexibility index (Phi) is 6.16. The van der Waals surface area contributed by atoms with Crippen molar-refractivity contribution in [2.24, 2.45) is 23.7 Å². The van der Waals surface area contributed by atoms with Gasteiger partial charge in [-0.15, -0.1) is 0 Å². The molecule has 4 aliphatic rings. The van der Waals surface area contributed by atoms with Crippen molar-refractivity contribution in [3.8, 4) is 11.5 Å². The smallest absolute Gasteiger partial charge is 0.260 e. The molecule has 4 amide bonds. The Balaban J connectivity index is 1.47. The number of methoxy groups -OCH3 is 1. The minimum Gasteiger partial charge on any atom is -0.504 e. The number of ether oxygens (including phenoxy) is 1. The number of anilines is 1.